The van der Waals surface area contributed by atoms with Crippen molar-refractivity contribution in [1.82, 2.24) is 5.32 Å². The third-order valence-corrected chi connectivity index (χ3v) is 7.12. The van der Waals surface area contributed by atoms with Crippen LogP contribution in [0.4, 0.5) is 13.2 Å². The van der Waals surface area contributed by atoms with Gasteiger partial charge in [0.25, 0.3) is 0 Å². The molecule has 2 unspecified atom stereocenters. The Morgan fingerprint density at radius 2 is 1.88 bits per heavy atom. The predicted octanol–water partition coefficient (Wildman–Crippen LogP) is 5.32. The normalized spacial score (nSPS) is 20.8. The number of dihydropyridines is 1. The second-order valence-corrected chi connectivity index (χ2v) is 9.26. The molecule has 2 aromatic rings. The lowest BCUT2D eigenvalue weighted by Crippen LogP contribution is -2.36. The van der Waals surface area contributed by atoms with E-state index in [-0.39, 0.29) is 36.9 Å². The van der Waals surface area contributed by atoms with Gasteiger partial charge >= 0.3 is 12.1 Å². The number of carbonyl (C=O) groups excluding carboxylic acids is 2. The summed E-state index contributed by atoms with van der Waals surface area (Å²) in [6.07, 6.45) is -3.65. The van der Waals surface area contributed by atoms with Gasteiger partial charge in [-0.3, -0.25) is 4.79 Å². The minimum absolute atomic E-state index is 0.00927. The highest BCUT2D eigenvalue weighted by Gasteiger charge is 2.42. The number of hydrogen-bond acceptors (Lipinski definition) is 6. The number of Topliss-reactive ketones (excluding diaryl/α,β-unsaturated/α-hetero) is 1. The molecule has 1 aromatic carbocycles. The van der Waals surface area contributed by atoms with Crippen molar-refractivity contribution >= 4 is 23.1 Å². The minimum atomic E-state index is -4.49. The number of rotatable bonds is 6. The van der Waals surface area contributed by atoms with Crippen LogP contribution in [-0.4, -0.2) is 32.1 Å². The molecular formula is C25H24F3NO4S. The van der Waals surface area contributed by atoms with Crippen LogP contribution in [0, 0.1) is 0 Å². The summed E-state index contributed by atoms with van der Waals surface area (Å²) < 4.78 is 49.7. The highest BCUT2D eigenvalue weighted by Crippen LogP contribution is 2.46. The molecular weight excluding hydrogens is 467 g/mol. The zero-order chi connectivity index (χ0) is 24.5. The number of methoxy groups -OCH3 is 1. The summed E-state index contributed by atoms with van der Waals surface area (Å²) >= 11 is 1.58. The van der Waals surface area contributed by atoms with Crippen molar-refractivity contribution in [3.63, 3.8) is 0 Å². The van der Waals surface area contributed by atoms with Gasteiger partial charge in [-0.15, -0.1) is 11.3 Å². The van der Waals surface area contributed by atoms with E-state index in [0.29, 0.717) is 29.0 Å². The Kier molecular flexibility index (Phi) is 6.95. The van der Waals surface area contributed by atoms with Crippen LogP contribution in [0.1, 0.15) is 47.6 Å². The molecule has 5 nitrogen and oxygen atoms in total. The quantitative estimate of drug-likeness (QED) is 0.438. The zero-order valence-electron chi connectivity index (χ0n) is 18.7. The van der Waals surface area contributed by atoms with Crippen LogP contribution in [0.25, 0.3) is 0 Å². The topological polar surface area (TPSA) is 64.6 Å². The Balaban J connectivity index is 1.76. The fraction of sp³-hybridized carbons (Fsp3) is 0.360. The Labute approximate surface area is 199 Å². The first-order valence-corrected chi connectivity index (χ1v) is 11.7. The molecule has 0 radical (unpaired) electrons. The van der Waals surface area contributed by atoms with Crippen molar-refractivity contribution in [2.45, 2.75) is 37.8 Å². The Morgan fingerprint density at radius 3 is 2.50 bits per heavy atom. The molecule has 0 spiro atoms. The summed E-state index contributed by atoms with van der Waals surface area (Å²) in [6.45, 7) is 1.94. The molecule has 34 heavy (non-hydrogen) atoms. The van der Waals surface area contributed by atoms with Gasteiger partial charge in [-0.2, -0.15) is 13.2 Å². The van der Waals surface area contributed by atoms with Gasteiger partial charge in [-0.25, -0.2) is 4.79 Å². The fourth-order valence-corrected chi connectivity index (χ4v) is 5.36. The van der Waals surface area contributed by atoms with Crippen molar-refractivity contribution in [2.24, 2.45) is 0 Å². The average molecular weight is 492 g/mol. The fourth-order valence-electron chi connectivity index (χ4n) is 4.53. The maximum absolute atomic E-state index is 13.4. The summed E-state index contributed by atoms with van der Waals surface area (Å²) in [5.41, 5.74) is 1.49. The van der Waals surface area contributed by atoms with Crippen molar-refractivity contribution in [1.29, 1.82) is 0 Å². The molecule has 4 rings (SSSR count). The van der Waals surface area contributed by atoms with Crippen LogP contribution in [-0.2, 0) is 25.2 Å². The minimum Gasteiger partial charge on any atom is -0.460 e. The molecule has 2 heterocycles. The highest BCUT2D eigenvalue weighted by molar-refractivity contribution is 7.10. The summed E-state index contributed by atoms with van der Waals surface area (Å²) in [6, 6.07) is 8.54. The summed E-state index contributed by atoms with van der Waals surface area (Å²) in [5.74, 6) is -1.57. The Morgan fingerprint density at radius 1 is 1.15 bits per heavy atom. The molecule has 0 amide bonds. The highest BCUT2D eigenvalue weighted by atomic mass is 32.1. The van der Waals surface area contributed by atoms with Gasteiger partial charge in [0, 0.05) is 47.2 Å². The Hall–Kier alpha value is -2.91. The van der Waals surface area contributed by atoms with Crippen LogP contribution in [0.2, 0.25) is 0 Å². The second kappa shape index (κ2) is 9.76. The molecule has 2 atom stereocenters. The van der Waals surface area contributed by atoms with Crippen molar-refractivity contribution in [3.05, 3.63) is 80.3 Å². The average Bonchev–Trinajstić information content (AvgIpc) is 3.32. The standard InChI is InChI=1S/C25H24F3NO4S/c1-14-21(24(31)33-10-9-32-2)22(15-5-7-17(8-6-15)25(26,27)28)23-18(29-14)12-16(13-19(23)30)20-4-3-11-34-20/h3-8,11,16,22,29H,9-10,12-13H2,1-2H3. The SMILES string of the molecule is COCCOC(=O)C1=C(C)NC2=C(C(=O)CC(c3cccs3)C2)C1c1ccc(C(F)(F)F)cc1. The van der Waals surface area contributed by atoms with E-state index in [4.69, 9.17) is 9.47 Å². The van der Waals surface area contributed by atoms with Gasteiger partial charge in [0.05, 0.1) is 17.7 Å². The first-order valence-electron chi connectivity index (χ1n) is 10.8. The third kappa shape index (κ3) is 4.81. The van der Waals surface area contributed by atoms with E-state index in [2.05, 4.69) is 5.32 Å². The predicted molar refractivity (Wildman–Crippen MR) is 121 cm³/mol. The molecule has 9 heteroatoms. The number of alkyl halides is 3. The van der Waals surface area contributed by atoms with Crippen LogP contribution in [0.15, 0.2) is 64.3 Å². The molecule has 2 aliphatic rings. The number of nitrogens with one attached hydrogen (secondary N) is 1. The Bertz CT molecular complexity index is 1130. The van der Waals surface area contributed by atoms with Crippen molar-refractivity contribution in [3.8, 4) is 0 Å². The van der Waals surface area contributed by atoms with Gasteiger partial charge in [-0.1, -0.05) is 18.2 Å². The van der Waals surface area contributed by atoms with E-state index in [1.54, 1.807) is 18.3 Å². The molecule has 0 saturated heterocycles. The maximum atomic E-state index is 13.4. The summed E-state index contributed by atoms with van der Waals surface area (Å²) in [5, 5.41) is 5.19. The second-order valence-electron chi connectivity index (χ2n) is 8.28. The van der Waals surface area contributed by atoms with E-state index in [1.165, 1.54) is 19.2 Å². The number of ether oxygens (including phenoxy) is 2. The van der Waals surface area contributed by atoms with E-state index in [9.17, 15) is 22.8 Å². The largest absolute Gasteiger partial charge is 0.460 e. The van der Waals surface area contributed by atoms with E-state index < -0.39 is 23.6 Å². The maximum Gasteiger partial charge on any atom is 0.416 e. The smallest absolute Gasteiger partial charge is 0.416 e. The van der Waals surface area contributed by atoms with Gasteiger partial charge in [0.15, 0.2) is 5.78 Å². The molecule has 1 N–H and O–H groups in total. The summed E-state index contributed by atoms with van der Waals surface area (Å²) in [7, 11) is 1.48. The van der Waals surface area contributed by atoms with E-state index in [1.807, 2.05) is 17.5 Å². The first kappa shape index (κ1) is 24.2. The molecule has 0 fully saturated rings. The van der Waals surface area contributed by atoms with Gasteiger partial charge in [0.1, 0.15) is 6.61 Å². The lowest BCUT2D eigenvalue weighted by Gasteiger charge is -2.36. The van der Waals surface area contributed by atoms with Crippen molar-refractivity contribution in [2.75, 3.05) is 20.3 Å². The number of carbonyl (C=O) groups is 2. The number of halogens is 3. The lowest BCUT2D eigenvalue weighted by molar-refractivity contribution is -0.141. The number of allylic oxidation sites excluding steroid dienone is 3. The molecule has 180 valence electrons. The number of benzene rings is 1. The van der Waals surface area contributed by atoms with Crippen LogP contribution >= 0.6 is 11.3 Å². The molecule has 1 aliphatic carbocycles. The summed E-state index contributed by atoms with van der Waals surface area (Å²) in [4.78, 5) is 27.5. The van der Waals surface area contributed by atoms with Crippen molar-refractivity contribution < 1.29 is 32.2 Å². The molecule has 0 bridgehead atoms. The molecule has 0 saturated carbocycles. The first-order chi connectivity index (χ1) is 16.2. The molecule has 1 aromatic heterocycles. The van der Waals surface area contributed by atoms with Crippen LogP contribution in [0.5, 0.6) is 0 Å². The van der Waals surface area contributed by atoms with Crippen LogP contribution < -0.4 is 5.32 Å². The number of ketones is 1. The third-order valence-electron chi connectivity index (χ3n) is 6.09. The van der Waals surface area contributed by atoms with Gasteiger partial charge in [0.2, 0.25) is 0 Å². The zero-order valence-corrected chi connectivity index (χ0v) is 19.5. The number of hydrogen-bond donors (Lipinski definition) is 1. The lowest BCUT2D eigenvalue weighted by atomic mass is 9.72. The number of esters is 1. The van der Waals surface area contributed by atoms with E-state index >= 15 is 0 Å². The van der Waals surface area contributed by atoms with E-state index in [0.717, 1.165) is 17.0 Å². The molecule has 1 aliphatic heterocycles. The van der Waals surface area contributed by atoms with Crippen LogP contribution in [0.3, 0.4) is 0 Å². The van der Waals surface area contributed by atoms with Gasteiger partial charge < -0.3 is 14.8 Å². The monoisotopic (exact) mass is 491 g/mol. The number of thiophene rings is 1. The van der Waals surface area contributed by atoms with Gasteiger partial charge in [-0.05, 0) is 42.5 Å².